The van der Waals surface area contributed by atoms with Crippen LogP contribution >= 0.6 is 0 Å². The molecular weight excluding hydrogens is 362 g/mol. The molecule has 0 saturated carbocycles. The lowest BCUT2D eigenvalue weighted by molar-refractivity contribution is -0.117. The average molecular weight is 387 g/mol. The maximum absolute atomic E-state index is 12.9. The molecule has 3 aromatic rings. The number of anilines is 3. The van der Waals surface area contributed by atoms with Gasteiger partial charge in [-0.25, -0.2) is 4.79 Å². The van der Waals surface area contributed by atoms with Gasteiger partial charge in [0.15, 0.2) is 0 Å². The number of hydrogen-bond donors (Lipinski definition) is 3. The Labute approximate surface area is 171 Å². The SMILES string of the molecule is CCCC(C(=O)Nc1cccc(NC(=O)Nc2ccccc2)c1)c1ccccc1. The van der Waals surface area contributed by atoms with E-state index in [2.05, 4.69) is 22.9 Å². The normalized spacial score (nSPS) is 11.3. The Kier molecular flexibility index (Phi) is 7.00. The summed E-state index contributed by atoms with van der Waals surface area (Å²) in [5.74, 6) is -0.261. The minimum absolute atomic E-state index is 0.0519. The summed E-state index contributed by atoms with van der Waals surface area (Å²) in [6.07, 6.45) is 1.68. The summed E-state index contributed by atoms with van der Waals surface area (Å²) in [6, 6.07) is 25.8. The standard InChI is InChI=1S/C24H25N3O2/c1-2-10-22(18-11-5-3-6-12-18)23(28)25-20-15-9-16-21(17-20)27-24(29)26-19-13-7-4-8-14-19/h3-9,11-17,22H,2,10H2,1H3,(H,25,28)(H2,26,27,29). The fourth-order valence-electron chi connectivity index (χ4n) is 3.14. The molecule has 29 heavy (non-hydrogen) atoms. The highest BCUT2D eigenvalue weighted by atomic mass is 16.2. The lowest BCUT2D eigenvalue weighted by Crippen LogP contribution is -2.22. The molecule has 0 aliphatic rings. The summed E-state index contributed by atoms with van der Waals surface area (Å²) < 4.78 is 0. The van der Waals surface area contributed by atoms with Gasteiger partial charge in [-0.2, -0.15) is 0 Å². The Hall–Kier alpha value is -3.60. The number of amides is 3. The van der Waals surface area contributed by atoms with Crippen molar-refractivity contribution in [1.82, 2.24) is 0 Å². The molecule has 0 aliphatic heterocycles. The van der Waals surface area contributed by atoms with Crippen LogP contribution in [0.4, 0.5) is 21.9 Å². The molecule has 3 aromatic carbocycles. The average Bonchev–Trinajstić information content (AvgIpc) is 2.73. The highest BCUT2D eigenvalue weighted by Gasteiger charge is 2.19. The zero-order chi connectivity index (χ0) is 20.5. The zero-order valence-corrected chi connectivity index (χ0v) is 16.4. The number of para-hydroxylation sites is 1. The van der Waals surface area contributed by atoms with Crippen molar-refractivity contribution in [2.24, 2.45) is 0 Å². The molecule has 148 valence electrons. The van der Waals surface area contributed by atoms with E-state index in [4.69, 9.17) is 0 Å². The van der Waals surface area contributed by atoms with Crippen LogP contribution in [0, 0.1) is 0 Å². The molecule has 0 aromatic heterocycles. The Morgan fingerprint density at radius 2 is 1.28 bits per heavy atom. The maximum atomic E-state index is 12.9. The van der Waals surface area contributed by atoms with Crippen LogP contribution < -0.4 is 16.0 Å². The molecule has 0 aliphatic carbocycles. The van der Waals surface area contributed by atoms with Crippen LogP contribution in [0.15, 0.2) is 84.9 Å². The van der Waals surface area contributed by atoms with E-state index in [1.54, 1.807) is 18.2 Å². The van der Waals surface area contributed by atoms with E-state index in [-0.39, 0.29) is 17.9 Å². The number of carbonyl (C=O) groups excluding carboxylic acids is 2. The van der Waals surface area contributed by atoms with Gasteiger partial charge in [-0.3, -0.25) is 4.79 Å². The highest BCUT2D eigenvalue weighted by molar-refractivity contribution is 6.01. The van der Waals surface area contributed by atoms with E-state index in [9.17, 15) is 9.59 Å². The van der Waals surface area contributed by atoms with E-state index in [1.807, 2.05) is 66.7 Å². The summed E-state index contributed by atoms with van der Waals surface area (Å²) >= 11 is 0. The van der Waals surface area contributed by atoms with E-state index >= 15 is 0 Å². The predicted octanol–water partition coefficient (Wildman–Crippen LogP) is 5.85. The second kappa shape index (κ2) is 10.1. The molecule has 0 fully saturated rings. The lowest BCUT2D eigenvalue weighted by Gasteiger charge is -2.17. The van der Waals surface area contributed by atoms with Gasteiger partial charge in [0.2, 0.25) is 5.91 Å². The molecule has 1 atom stereocenters. The second-order valence-electron chi connectivity index (χ2n) is 6.77. The van der Waals surface area contributed by atoms with Crippen LogP contribution in [0.1, 0.15) is 31.2 Å². The Morgan fingerprint density at radius 1 is 0.724 bits per heavy atom. The zero-order valence-electron chi connectivity index (χ0n) is 16.4. The molecule has 3 rings (SSSR count). The van der Waals surface area contributed by atoms with Crippen molar-refractivity contribution in [2.45, 2.75) is 25.7 Å². The van der Waals surface area contributed by atoms with Crippen molar-refractivity contribution in [1.29, 1.82) is 0 Å². The summed E-state index contributed by atoms with van der Waals surface area (Å²) in [6.45, 7) is 2.07. The first kappa shape index (κ1) is 20.1. The minimum Gasteiger partial charge on any atom is -0.325 e. The largest absolute Gasteiger partial charge is 0.325 e. The maximum Gasteiger partial charge on any atom is 0.323 e. The Morgan fingerprint density at radius 3 is 1.93 bits per heavy atom. The quantitative estimate of drug-likeness (QED) is 0.476. The van der Waals surface area contributed by atoms with Crippen LogP contribution in [0.25, 0.3) is 0 Å². The van der Waals surface area contributed by atoms with E-state index in [1.165, 1.54) is 0 Å². The van der Waals surface area contributed by atoms with Crippen molar-refractivity contribution in [2.75, 3.05) is 16.0 Å². The molecule has 1 unspecified atom stereocenters. The number of hydrogen-bond acceptors (Lipinski definition) is 2. The van der Waals surface area contributed by atoms with Gasteiger partial charge >= 0.3 is 6.03 Å². The minimum atomic E-state index is -0.340. The lowest BCUT2D eigenvalue weighted by atomic mass is 9.93. The summed E-state index contributed by atoms with van der Waals surface area (Å²) in [4.78, 5) is 25.1. The van der Waals surface area contributed by atoms with Gasteiger partial charge in [-0.15, -0.1) is 0 Å². The molecule has 0 heterocycles. The first-order valence-electron chi connectivity index (χ1n) is 9.74. The van der Waals surface area contributed by atoms with Gasteiger partial charge < -0.3 is 16.0 Å². The number of carbonyl (C=O) groups is 2. The van der Waals surface area contributed by atoms with Crippen molar-refractivity contribution in [3.8, 4) is 0 Å². The van der Waals surface area contributed by atoms with E-state index < -0.39 is 0 Å². The summed E-state index contributed by atoms with van der Waals surface area (Å²) in [7, 11) is 0. The van der Waals surface area contributed by atoms with Crippen LogP contribution in [-0.4, -0.2) is 11.9 Å². The molecular formula is C24H25N3O2. The van der Waals surface area contributed by atoms with Crippen molar-refractivity contribution < 1.29 is 9.59 Å². The van der Waals surface area contributed by atoms with E-state index in [0.717, 1.165) is 18.4 Å². The number of nitrogens with one attached hydrogen (secondary N) is 3. The van der Waals surface area contributed by atoms with Crippen LogP contribution in [0.5, 0.6) is 0 Å². The molecule has 0 spiro atoms. The van der Waals surface area contributed by atoms with Gasteiger partial charge in [-0.05, 0) is 42.3 Å². The first-order valence-corrected chi connectivity index (χ1v) is 9.74. The van der Waals surface area contributed by atoms with Crippen molar-refractivity contribution in [3.63, 3.8) is 0 Å². The smallest absolute Gasteiger partial charge is 0.323 e. The number of rotatable bonds is 7. The first-order chi connectivity index (χ1) is 14.2. The predicted molar refractivity (Wildman–Crippen MR) is 118 cm³/mol. The van der Waals surface area contributed by atoms with E-state index in [0.29, 0.717) is 17.1 Å². The van der Waals surface area contributed by atoms with Crippen LogP contribution in [0.2, 0.25) is 0 Å². The second-order valence-corrected chi connectivity index (χ2v) is 6.77. The molecule has 0 saturated heterocycles. The van der Waals surface area contributed by atoms with Crippen molar-refractivity contribution in [3.05, 3.63) is 90.5 Å². The van der Waals surface area contributed by atoms with Gasteiger partial charge in [0, 0.05) is 17.1 Å². The molecule has 0 radical (unpaired) electrons. The molecule has 0 bridgehead atoms. The fourth-order valence-corrected chi connectivity index (χ4v) is 3.14. The van der Waals surface area contributed by atoms with Gasteiger partial charge in [0.25, 0.3) is 0 Å². The van der Waals surface area contributed by atoms with Gasteiger partial charge in [0.05, 0.1) is 5.92 Å². The van der Waals surface area contributed by atoms with Gasteiger partial charge in [-0.1, -0.05) is 67.9 Å². The van der Waals surface area contributed by atoms with Crippen LogP contribution in [0.3, 0.4) is 0 Å². The third kappa shape index (κ3) is 5.94. The molecule has 5 nitrogen and oxygen atoms in total. The Balaban J connectivity index is 1.65. The topological polar surface area (TPSA) is 70.2 Å². The Bertz CT molecular complexity index is 943. The van der Waals surface area contributed by atoms with Crippen molar-refractivity contribution >= 4 is 29.0 Å². The van der Waals surface area contributed by atoms with Gasteiger partial charge in [0.1, 0.15) is 0 Å². The number of urea groups is 1. The third-order valence-electron chi connectivity index (χ3n) is 4.52. The number of benzene rings is 3. The summed E-state index contributed by atoms with van der Waals surface area (Å²) in [5, 5.41) is 8.54. The fraction of sp³-hybridized carbons (Fsp3) is 0.167. The summed E-state index contributed by atoms with van der Waals surface area (Å²) in [5.41, 5.74) is 2.95. The highest BCUT2D eigenvalue weighted by Crippen LogP contribution is 2.24. The molecule has 3 N–H and O–H groups in total. The monoisotopic (exact) mass is 387 g/mol. The third-order valence-corrected chi connectivity index (χ3v) is 4.52. The molecule has 3 amide bonds. The molecule has 5 heteroatoms. The van der Waals surface area contributed by atoms with Crippen LogP contribution in [-0.2, 0) is 4.79 Å².